The highest BCUT2D eigenvalue weighted by Crippen LogP contribution is 2.30. The lowest BCUT2D eigenvalue weighted by Crippen LogP contribution is -2.40. The first kappa shape index (κ1) is 10.9. The van der Waals surface area contributed by atoms with E-state index in [9.17, 15) is 0 Å². The molecule has 0 aromatic heterocycles. The zero-order valence-electron chi connectivity index (χ0n) is 9.05. The molecule has 0 aromatic rings. The van der Waals surface area contributed by atoms with Crippen LogP contribution in [-0.4, -0.2) is 29.4 Å². The van der Waals surface area contributed by atoms with E-state index in [4.69, 9.17) is 0 Å². The van der Waals surface area contributed by atoms with Crippen molar-refractivity contribution in [2.45, 2.75) is 51.0 Å². The summed E-state index contributed by atoms with van der Waals surface area (Å²) in [6, 6.07) is 0.924. The number of alkyl halides is 1. The molecule has 0 amide bonds. The van der Waals surface area contributed by atoms with Gasteiger partial charge in [0.15, 0.2) is 0 Å². The van der Waals surface area contributed by atoms with Crippen molar-refractivity contribution in [2.24, 2.45) is 5.92 Å². The molecule has 14 heavy (non-hydrogen) atoms. The van der Waals surface area contributed by atoms with Gasteiger partial charge >= 0.3 is 0 Å². The maximum absolute atomic E-state index is 3.59. The molecule has 2 saturated carbocycles. The molecule has 0 unspecified atom stereocenters. The summed E-state index contributed by atoms with van der Waals surface area (Å²) in [7, 11) is 0. The molecule has 0 radical (unpaired) electrons. The van der Waals surface area contributed by atoms with E-state index in [1.165, 1.54) is 58.0 Å². The fourth-order valence-corrected chi connectivity index (χ4v) is 3.26. The quantitative estimate of drug-likeness (QED) is 0.684. The molecule has 2 aliphatic rings. The highest BCUT2D eigenvalue weighted by molar-refractivity contribution is 9.09. The van der Waals surface area contributed by atoms with Gasteiger partial charge in [-0.05, 0) is 31.6 Å². The average molecular weight is 260 g/mol. The molecule has 0 atom stereocenters. The van der Waals surface area contributed by atoms with Crippen molar-refractivity contribution in [1.29, 1.82) is 0 Å². The van der Waals surface area contributed by atoms with Crippen LogP contribution in [0.1, 0.15) is 44.9 Å². The lowest BCUT2D eigenvalue weighted by atomic mass is 9.85. The van der Waals surface area contributed by atoms with Gasteiger partial charge in [-0.25, -0.2) is 0 Å². The minimum absolute atomic E-state index is 0.924. The van der Waals surface area contributed by atoms with Crippen LogP contribution >= 0.6 is 15.9 Å². The Hall–Kier alpha value is 0.440. The molecular formula is C12H22BrN. The molecule has 0 saturated heterocycles. The molecular weight excluding hydrogens is 238 g/mol. The summed E-state index contributed by atoms with van der Waals surface area (Å²) in [5, 5.41) is 1.15. The predicted molar refractivity (Wildman–Crippen MR) is 65.0 cm³/mol. The number of hydrogen-bond acceptors (Lipinski definition) is 1. The first-order chi connectivity index (χ1) is 6.90. The van der Waals surface area contributed by atoms with Crippen LogP contribution in [0.4, 0.5) is 0 Å². The van der Waals surface area contributed by atoms with E-state index >= 15 is 0 Å². The summed E-state index contributed by atoms with van der Waals surface area (Å²) in [4.78, 5) is 2.76. The van der Waals surface area contributed by atoms with E-state index in [-0.39, 0.29) is 0 Å². The zero-order valence-corrected chi connectivity index (χ0v) is 10.6. The van der Waals surface area contributed by atoms with Crippen LogP contribution in [0.5, 0.6) is 0 Å². The zero-order chi connectivity index (χ0) is 9.80. The van der Waals surface area contributed by atoms with Crippen LogP contribution in [0.15, 0.2) is 0 Å². The molecule has 2 heteroatoms. The van der Waals surface area contributed by atoms with Crippen molar-refractivity contribution >= 4 is 15.9 Å². The van der Waals surface area contributed by atoms with Crippen molar-refractivity contribution < 1.29 is 0 Å². The molecule has 2 aliphatic carbocycles. The van der Waals surface area contributed by atoms with Gasteiger partial charge in [-0.2, -0.15) is 0 Å². The summed E-state index contributed by atoms with van der Waals surface area (Å²) in [6.45, 7) is 2.65. The summed E-state index contributed by atoms with van der Waals surface area (Å²) in [5.74, 6) is 1.04. The van der Waals surface area contributed by atoms with Crippen molar-refractivity contribution in [2.75, 3.05) is 18.4 Å². The first-order valence-corrected chi connectivity index (χ1v) is 7.32. The normalized spacial score (nSPS) is 24.4. The van der Waals surface area contributed by atoms with Gasteiger partial charge in [0.1, 0.15) is 0 Å². The molecule has 0 aromatic carbocycles. The second kappa shape index (κ2) is 5.50. The fourth-order valence-electron chi connectivity index (χ4n) is 2.81. The van der Waals surface area contributed by atoms with Crippen molar-refractivity contribution in [3.05, 3.63) is 0 Å². The Balaban J connectivity index is 1.78. The average Bonchev–Trinajstić information content (AvgIpc) is 2.61. The Morgan fingerprint density at radius 3 is 2.21 bits per heavy atom. The van der Waals surface area contributed by atoms with Gasteiger partial charge in [-0.3, -0.25) is 4.90 Å². The highest BCUT2D eigenvalue weighted by atomic mass is 79.9. The maximum Gasteiger partial charge on any atom is 0.0159 e. The molecule has 2 fully saturated rings. The van der Waals surface area contributed by atoms with Crippen LogP contribution < -0.4 is 0 Å². The molecule has 0 aliphatic heterocycles. The van der Waals surface area contributed by atoms with Crippen LogP contribution in [-0.2, 0) is 0 Å². The number of halogens is 1. The smallest absolute Gasteiger partial charge is 0.0159 e. The van der Waals surface area contributed by atoms with Crippen LogP contribution in [0, 0.1) is 5.92 Å². The van der Waals surface area contributed by atoms with Gasteiger partial charge in [-0.15, -0.1) is 0 Å². The van der Waals surface area contributed by atoms with Gasteiger partial charge in [0.05, 0.1) is 0 Å². The minimum Gasteiger partial charge on any atom is -0.299 e. The fraction of sp³-hybridized carbons (Fsp3) is 1.00. The monoisotopic (exact) mass is 259 g/mol. The summed E-state index contributed by atoms with van der Waals surface area (Å²) in [6.07, 6.45) is 10.3. The van der Waals surface area contributed by atoms with E-state index in [1.807, 2.05) is 0 Å². The van der Waals surface area contributed by atoms with Crippen LogP contribution in [0.3, 0.4) is 0 Å². The highest BCUT2D eigenvalue weighted by Gasteiger charge is 2.26. The van der Waals surface area contributed by atoms with E-state index < -0.39 is 0 Å². The molecule has 2 rings (SSSR count). The predicted octanol–water partition coefficient (Wildman–Crippen LogP) is 3.43. The van der Waals surface area contributed by atoms with Crippen molar-refractivity contribution in [3.8, 4) is 0 Å². The van der Waals surface area contributed by atoms with E-state index in [1.54, 1.807) is 0 Å². The lowest BCUT2D eigenvalue weighted by molar-refractivity contribution is 0.141. The Morgan fingerprint density at radius 2 is 1.71 bits per heavy atom. The standard InChI is InChI=1S/C12H22BrN/c13-8-9-14(10-11-4-3-5-11)12-6-1-2-7-12/h11-12H,1-10H2. The van der Waals surface area contributed by atoms with Crippen molar-refractivity contribution in [1.82, 2.24) is 4.90 Å². The second-order valence-corrected chi connectivity index (χ2v) is 5.71. The van der Waals surface area contributed by atoms with Crippen LogP contribution in [0.25, 0.3) is 0 Å². The first-order valence-electron chi connectivity index (χ1n) is 6.20. The van der Waals surface area contributed by atoms with Gasteiger partial charge in [0.25, 0.3) is 0 Å². The minimum atomic E-state index is 0.924. The van der Waals surface area contributed by atoms with Crippen molar-refractivity contribution in [3.63, 3.8) is 0 Å². The molecule has 82 valence electrons. The number of rotatable bonds is 5. The Labute approximate surface area is 96.4 Å². The molecule has 0 spiro atoms. The Bertz CT molecular complexity index is 162. The van der Waals surface area contributed by atoms with E-state index in [0.29, 0.717) is 0 Å². The molecule has 0 heterocycles. The summed E-state index contributed by atoms with van der Waals surface area (Å²) >= 11 is 3.59. The number of hydrogen-bond donors (Lipinski definition) is 0. The van der Waals surface area contributed by atoms with E-state index in [0.717, 1.165) is 17.3 Å². The summed E-state index contributed by atoms with van der Waals surface area (Å²) in [5.41, 5.74) is 0. The van der Waals surface area contributed by atoms with Gasteiger partial charge < -0.3 is 0 Å². The van der Waals surface area contributed by atoms with E-state index in [2.05, 4.69) is 20.8 Å². The van der Waals surface area contributed by atoms with Gasteiger partial charge in [-0.1, -0.05) is 35.2 Å². The second-order valence-electron chi connectivity index (χ2n) is 4.92. The third-order valence-corrected chi connectivity index (χ3v) is 4.28. The largest absolute Gasteiger partial charge is 0.299 e. The SMILES string of the molecule is BrCCN(CC1CCC1)C1CCCC1. The molecule has 1 nitrogen and oxygen atoms in total. The van der Waals surface area contributed by atoms with Gasteiger partial charge in [0, 0.05) is 24.5 Å². The molecule has 0 bridgehead atoms. The maximum atomic E-state index is 3.59. The third-order valence-electron chi connectivity index (χ3n) is 3.93. The number of nitrogens with zero attached hydrogens (tertiary/aromatic N) is 1. The molecule has 0 N–H and O–H groups in total. The third kappa shape index (κ3) is 2.73. The topological polar surface area (TPSA) is 3.24 Å². The lowest BCUT2D eigenvalue weighted by Gasteiger charge is -2.35. The summed E-state index contributed by atoms with van der Waals surface area (Å²) < 4.78 is 0. The van der Waals surface area contributed by atoms with Gasteiger partial charge in [0.2, 0.25) is 0 Å². The van der Waals surface area contributed by atoms with Crippen LogP contribution in [0.2, 0.25) is 0 Å². The Morgan fingerprint density at radius 1 is 1.00 bits per heavy atom. The Kier molecular flexibility index (Phi) is 4.30.